The van der Waals surface area contributed by atoms with Gasteiger partial charge in [-0.3, -0.25) is 9.98 Å². The maximum absolute atomic E-state index is 11.0. The average Bonchev–Trinajstić information content (AvgIpc) is 3.45. The second-order valence-electron chi connectivity index (χ2n) is 8.32. The monoisotopic (exact) mass is 415 g/mol. The van der Waals surface area contributed by atoms with Gasteiger partial charge < -0.3 is 15.2 Å². The predicted octanol–water partition coefficient (Wildman–Crippen LogP) is 3.40. The lowest BCUT2D eigenvalue weighted by atomic mass is 10.1. The number of aromatic nitrogens is 6. The summed E-state index contributed by atoms with van der Waals surface area (Å²) in [4.78, 5) is 12.5. The molecule has 9 nitrogen and oxygen atoms in total. The molecule has 4 heterocycles. The van der Waals surface area contributed by atoms with Crippen LogP contribution < -0.4 is 5.49 Å². The van der Waals surface area contributed by atoms with Crippen molar-refractivity contribution in [1.29, 1.82) is 5.41 Å². The number of hydrogen-bond acceptors (Lipinski definition) is 6. The van der Waals surface area contributed by atoms with Gasteiger partial charge in [-0.25, -0.2) is 9.67 Å². The van der Waals surface area contributed by atoms with Gasteiger partial charge in [0.25, 0.3) is 0 Å². The number of hydrogen-bond donors (Lipinski definition) is 4. The summed E-state index contributed by atoms with van der Waals surface area (Å²) < 4.78 is 3.54. The van der Waals surface area contributed by atoms with Gasteiger partial charge in [0.1, 0.15) is 17.1 Å². The molecule has 0 saturated heterocycles. The molecule has 6 rings (SSSR count). The second kappa shape index (κ2) is 5.84. The van der Waals surface area contributed by atoms with E-state index in [0.717, 1.165) is 29.3 Å². The molecule has 1 aliphatic rings. The van der Waals surface area contributed by atoms with Crippen LogP contribution in [0.2, 0.25) is 0 Å². The first-order valence-electron chi connectivity index (χ1n) is 10.2. The molecule has 4 aromatic heterocycles. The molecular weight excluding hydrogens is 394 g/mol. The van der Waals surface area contributed by atoms with Crippen LogP contribution in [0.25, 0.3) is 38.7 Å². The van der Waals surface area contributed by atoms with Gasteiger partial charge in [0, 0.05) is 5.56 Å². The molecule has 0 amide bonds. The third kappa shape index (κ3) is 2.31. The molecule has 1 aromatic carbocycles. The Hall–Kier alpha value is -3.88. The summed E-state index contributed by atoms with van der Waals surface area (Å²) >= 11 is 0. The number of phenolic OH excluding ortho intramolecular Hbond substituents is 1. The zero-order chi connectivity index (χ0) is 21.6. The van der Waals surface area contributed by atoms with Crippen molar-refractivity contribution in [1.82, 2.24) is 29.3 Å². The van der Waals surface area contributed by atoms with Crippen LogP contribution in [-0.2, 0) is 0 Å². The fraction of sp³-hybridized carbons (Fsp3) is 0.273. The molecule has 0 radical (unpaired) electrons. The highest BCUT2D eigenvalue weighted by Crippen LogP contribution is 2.39. The zero-order valence-corrected chi connectivity index (χ0v) is 17.4. The van der Waals surface area contributed by atoms with Crippen LogP contribution in [0.5, 0.6) is 11.6 Å². The van der Waals surface area contributed by atoms with Crippen molar-refractivity contribution < 1.29 is 10.2 Å². The minimum absolute atomic E-state index is 0.0666. The van der Waals surface area contributed by atoms with E-state index in [0.29, 0.717) is 45.2 Å². The van der Waals surface area contributed by atoms with Crippen molar-refractivity contribution in [2.45, 2.75) is 39.7 Å². The Morgan fingerprint density at radius 3 is 2.58 bits per heavy atom. The summed E-state index contributed by atoms with van der Waals surface area (Å²) in [6.07, 6.45) is 3.84. The molecule has 1 saturated carbocycles. The molecule has 1 aliphatic carbocycles. The molecule has 0 atom stereocenters. The van der Waals surface area contributed by atoms with Gasteiger partial charge in [0.15, 0.2) is 11.3 Å². The van der Waals surface area contributed by atoms with E-state index in [-0.39, 0.29) is 17.1 Å². The molecule has 156 valence electrons. The summed E-state index contributed by atoms with van der Waals surface area (Å²) in [5, 5.41) is 36.6. The number of fused-ring (bicyclic) bond motifs is 2. The van der Waals surface area contributed by atoms with Gasteiger partial charge >= 0.3 is 0 Å². The minimum Gasteiger partial charge on any atom is -0.508 e. The van der Waals surface area contributed by atoms with E-state index in [4.69, 9.17) is 10.4 Å². The van der Waals surface area contributed by atoms with E-state index in [9.17, 15) is 10.2 Å². The first-order chi connectivity index (χ1) is 14.9. The Kier molecular flexibility index (Phi) is 3.38. The molecule has 0 aliphatic heterocycles. The normalized spacial score (nSPS) is 14.3. The van der Waals surface area contributed by atoms with Gasteiger partial charge in [-0.1, -0.05) is 6.07 Å². The number of aromatic hydroxyl groups is 2. The Labute approximate surface area is 176 Å². The van der Waals surface area contributed by atoms with E-state index >= 15 is 0 Å². The third-order valence-corrected chi connectivity index (χ3v) is 6.17. The molecule has 4 N–H and O–H groups in total. The van der Waals surface area contributed by atoms with Crippen molar-refractivity contribution >= 4 is 33.0 Å². The van der Waals surface area contributed by atoms with Crippen molar-refractivity contribution in [3.63, 3.8) is 0 Å². The van der Waals surface area contributed by atoms with Crippen molar-refractivity contribution in [3.8, 4) is 17.3 Å². The number of aryl methyl sites for hydroxylation is 2. The molecule has 1 fully saturated rings. The Bertz CT molecular complexity index is 1620. The highest BCUT2D eigenvalue weighted by Gasteiger charge is 2.29. The summed E-state index contributed by atoms with van der Waals surface area (Å²) in [5.74, 6) is 0.571. The van der Waals surface area contributed by atoms with E-state index in [1.807, 2.05) is 31.5 Å². The average molecular weight is 415 g/mol. The lowest BCUT2D eigenvalue weighted by Gasteiger charge is -2.13. The van der Waals surface area contributed by atoms with Crippen LogP contribution in [0.3, 0.4) is 0 Å². The number of H-pyrrole nitrogens is 1. The van der Waals surface area contributed by atoms with Crippen LogP contribution in [0.1, 0.15) is 35.8 Å². The molecular formula is C22H21N7O2. The van der Waals surface area contributed by atoms with Crippen molar-refractivity contribution in [3.05, 3.63) is 40.8 Å². The Morgan fingerprint density at radius 1 is 1.06 bits per heavy atom. The predicted molar refractivity (Wildman–Crippen MR) is 116 cm³/mol. The van der Waals surface area contributed by atoms with Crippen LogP contribution in [-0.4, -0.2) is 39.5 Å². The van der Waals surface area contributed by atoms with Crippen LogP contribution in [0, 0.1) is 26.2 Å². The largest absolute Gasteiger partial charge is 0.508 e. The Balaban J connectivity index is 1.87. The SMILES string of the molecule is Cc1nc2c3c(c(O)nc4c(cnn4C4CC4)c3[nH]1)c(=N)n2-c1c(C)ccc(O)c1C. The fourth-order valence-corrected chi connectivity index (χ4v) is 4.53. The van der Waals surface area contributed by atoms with E-state index in [1.165, 1.54) is 0 Å². The topological polar surface area (TPSA) is 129 Å². The zero-order valence-electron chi connectivity index (χ0n) is 17.4. The minimum atomic E-state index is -0.231. The van der Waals surface area contributed by atoms with Gasteiger partial charge in [-0.2, -0.15) is 10.1 Å². The lowest BCUT2D eigenvalue weighted by molar-refractivity contribution is 0.460. The third-order valence-electron chi connectivity index (χ3n) is 6.17. The standard InChI is InChI=1S/C22H21N7O2/c1-9-4-7-14(30)10(2)18(9)28-19(23)16-15-17(25-11(3)26-21(15)28)13-8-24-29(12-5-6-12)20(13)27-22(16)31/h4,7-8,12,23,30-31H,5-6H2,1-3H3,(H,25,26). The summed E-state index contributed by atoms with van der Waals surface area (Å²) in [7, 11) is 0. The number of nitrogens with zero attached hydrogens (tertiary/aromatic N) is 5. The quantitative estimate of drug-likeness (QED) is 0.351. The van der Waals surface area contributed by atoms with E-state index < -0.39 is 0 Å². The molecule has 9 heteroatoms. The smallest absolute Gasteiger partial charge is 0.224 e. The number of aromatic amines is 1. The lowest BCUT2D eigenvalue weighted by Crippen LogP contribution is -2.16. The van der Waals surface area contributed by atoms with E-state index in [1.54, 1.807) is 16.8 Å². The maximum Gasteiger partial charge on any atom is 0.224 e. The van der Waals surface area contributed by atoms with Gasteiger partial charge in [0.05, 0.1) is 39.6 Å². The van der Waals surface area contributed by atoms with Gasteiger partial charge in [-0.05, 0) is 45.2 Å². The summed E-state index contributed by atoms with van der Waals surface area (Å²) in [5.41, 5.74) is 4.12. The highest BCUT2D eigenvalue weighted by molar-refractivity contribution is 6.16. The number of nitrogens with one attached hydrogen (secondary N) is 2. The number of rotatable bonds is 2. The number of phenols is 1. The molecule has 0 bridgehead atoms. The second-order valence-corrected chi connectivity index (χ2v) is 8.32. The highest BCUT2D eigenvalue weighted by atomic mass is 16.3. The van der Waals surface area contributed by atoms with Gasteiger partial charge in [-0.15, -0.1) is 0 Å². The van der Waals surface area contributed by atoms with Gasteiger partial charge in [0.2, 0.25) is 5.88 Å². The molecule has 0 unspecified atom stereocenters. The fourth-order valence-electron chi connectivity index (χ4n) is 4.53. The molecule has 5 aromatic rings. The van der Waals surface area contributed by atoms with Crippen molar-refractivity contribution in [2.24, 2.45) is 0 Å². The van der Waals surface area contributed by atoms with Crippen LogP contribution >= 0.6 is 0 Å². The van der Waals surface area contributed by atoms with Crippen LogP contribution in [0.4, 0.5) is 0 Å². The van der Waals surface area contributed by atoms with Crippen LogP contribution in [0.15, 0.2) is 18.3 Å². The summed E-state index contributed by atoms with van der Waals surface area (Å²) in [6.45, 7) is 5.59. The number of benzene rings is 1. The maximum atomic E-state index is 11.0. The first-order valence-corrected chi connectivity index (χ1v) is 10.2. The summed E-state index contributed by atoms with van der Waals surface area (Å²) in [6, 6.07) is 3.75. The molecule has 0 spiro atoms. The first kappa shape index (κ1) is 17.9. The Morgan fingerprint density at radius 2 is 1.84 bits per heavy atom. The van der Waals surface area contributed by atoms with E-state index in [2.05, 4.69) is 15.1 Å². The molecule has 31 heavy (non-hydrogen) atoms. The van der Waals surface area contributed by atoms with Crippen molar-refractivity contribution in [2.75, 3.05) is 0 Å².